The minimum Gasteiger partial charge on any atom is -0.466 e. The molecule has 3 aliphatic heterocycles. The topological polar surface area (TPSA) is 96.4 Å². The van der Waals surface area contributed by atoms with Gasteiger partial charge in [0, 0.05) is 12.6 Å². The molecule has 1 aromatic rings. The number of hydrogen-bond donors (Lipinski definition) is 1. The van der Waals surface area contributed by atoms with Crippen molar-refractivity contribution in [1.29, 1.82) is 0 Å². The van der Waals surface area contributed by atoms with Gasteiger partial charge in [-0.3, -0.25) is 14.4 Å². The Balaban J connectivity index is 1.82. The fourth-order valence-electron chi connectivity index (χ4n) is 6.61. The number of likely N-dealkylation sites (tertiary alicyclic amines) is 1. The molecule has 196 valence electrons. The molecule has 1 spiro atoms. The second kappa shape index (κ2) is 9.98. The molecule has 2 bridgehead atoms. The first-order chi connectivity index (χ1) is 17.1. The van der Waals surface area contributed by atoms with Crippen LogP contribution in [0.1, 0.15) is 46.1 Å². The van der Waals surface area contributed by atoms with E-state index in [2.05, 4.69) is 6.58 Å². The Morgan fingerprint density at radius 2 is 2.00 bits per heavy atom. The molecule has 6 atom stereocenters. The van der Waals surface area contributed by atoms with Gasteiger partial charge in [0.15, 0.2) is 0 Å². The molecular weight excluding hydrogens is 460 g/mol. The number of aliphatic hydroxyl groups is 1. The number of benzene rings is 1. The Kier molecular flexibility index (Phi) is 7.30. The van der Waals surface area contributed by atoms with Crippen LogP contribution in [-0.2, 0) is 30.3 Å². The number of ether oxygens (including phenoxy) is 2. The molecular formula is C28H38N2O6. The third-order valence-electron chi connectivity index (χ3n) is 8.14. The second-order valence-electron chi connectivity index (χ2n) is 10.6. The highest BCUT2D eigenvalue weighted by molar-refractivity contribution is 5.98. The van der Waals surface area contributed by atoms with E-state index < -0.39 is 41.1 Å². The Morgan fingerprint density at radius 1 is 1.31 bits per heavy atom. The molecule has 4 rings (SSSR count). The minimum atomic E-state index is -1.15. The summed E-state index contributed by atoms with van der Waals surface area (Å²) in [7, 11) is 0. The van der Waals surface area contributed by atoms with Crippen molar-refractivity contribution in [3.63, 3.8) is 0 Å². The quantitative estimate of drug-likeness (QED) is 0.393. The van der Waals surface area contributed by atoms with Crippen LogP contribution in [0.5, 0.6) is 0 Å². The van der Waals surface area contributed by atoms with E-state index in [9.17, 15) is 19.5 Å². The third kappa shape index (κ3) is 4.04. The molecule has 3 saturated heterocycles. The fraction of sp³-hybridized carbons (Fsp3) is 0.607. The monoisotopic (exact) mass is 498 g/mol. The molecule has 0 saturated carbocycles. The number of amides is 2. The van der Waals surface area contributed by atoms with Crippen LogP contribution < -0.4 is 0 Å². The first kappa shape index (κ1) is 26.4. The zero-order valence-corrected chi connectivity index (χ0v) is 21.7. The summed E-state index contributed by atoms with van der Waals surface area (Å²) in [6.45, 7) is 11.4. The molecule has 36 heavy (non-hydrogen) atoms. The molecule has 0 radical (unpaired) electrons. The highest BCUT2D eigenvalue weighted by Crippen LogP contribution is 2.63. The number of rotatable bonds is 10. The molecule has 3 heterocycles. The molecule has 1 aromatic carbocycles. The van der Waals surface area contributed by atoms with Gasteiger partial charge in [-0.2, -0.15) is 0 Å². The highest BCUT2D eigenvalue weighted by Gasteiger charge is 2.79. The van der Waals surface area contributed by atoms with Gasteiger partial charge in [0.2, 0.25) is 11.8 Å². The summed E-state index contributed by atoms with van der Waals surface area (Å²) in [6, 6.07) is 7.82. The summed E-state index contributed by atoms with van der Waals surface area (Å²) < 4.78 is 12.0. The average molecular weight is 499 g/mol. The lowest BCUT2D eigenvalue weighted by atomic mass is 9.66. The largest absolute Gasteiger partial charge is 0.466 e. The van der Waals surface area contributed by atoms with Gasteiger partial charge in [0.05, 0.1) is 30.8 Å². The lowest BCUT2D eigenvalue weighted by Crippen LogP contribution is -2.60. The summed E-state index contributed by atoms with van der Waals surface area (Å²) in [4.78, 5) is 44.8. The van der Waals surface area contributed by atoms with Crippen LogP contribution in [0.4, 0.5) is 0 Å². The van der Waals surface area contributed by atoms with Gasteiger partial charge < -0.3 is 24.4 Å². The van der Waals surface area contributed by atoms with Gasteiger partial charge in [0.25, 0.3) is 0 Å². The van der Waals surface area contributed by atoms with Gasteiger partial charge >= 0.3 is 5.97 Å². The summed E-state index contributed by atoms with van der Waals surface area (Å²) >= 11 is 0. The van der Waals surface area contributed by atoms with Crippen LogP contribution in [0.3, 0.4) is 0 Å². The zero-order chi connectivity index (χ0) is 26.3. The third-order valence-corrected chi connectivity index (χ3v) is 8.14. The molecule has 3 fully saturated rings. The zero-order valence-electron chi connectivity index (χ0n) is 21.7. The molecule has 3 aliphatic rings. The maximum Gasteiger partial charge on any atom is 0.312 e. The molecule has 8 heteroatoms. The molecule has 0 aliphatic carbocycles. The van der Waals surface area contributed by atoms with E-state index in [-0.39, 0.29) is 31.1 Å². The Labute approximate surface area is 213 Å². The van der Waals surface area contributed by atoms with Crippen molar-refractivity contribution in [3.05, 3.63) is 48.6 Å². The predicted octanol–water partition coefficient (Wildman–Crippen LogP) is 2.34. The lowest BCUT2D eigenvalue weighted by molar-refractivity contribution is -0.162. The van der Waals surface area contributed by atoms with E-state index in [1.54, 1.807) is 17.9 Å². The van der Waals surface area contributed by atoms with Crippen LogP contribution >= 0.6 is 0 Å². The molecule has 2 amide bonds. The number of esters is 1. The second-order valence-corrected chi connectivity index (χ2v) is 10.6. The van der Waals surface area contributed by atoms with Crippen molar-refractivity contribution >= 4 is 17.8 Å². The van der Waals surface area contributed by atoms with Gasteiger partial charge in [-0.25, -0.2) is 0 Å². The van der Waals surface area contributed by atoms with Crippen LogP contribution in [0, 0.1) is 11.8 Å². The summed E-state index contributed by atoms with van der Waals surface area (Å²) in [5.74, 6) is -2.69. The standard InChI is InChI=1S/C28H38N2O6/c1-6-15-29(18(3)4)25(33)23-28-14-13-27(5,36-28)22(26(34)35-7-2)21(28)24(32)30(23)20(17-31)16-19-11-9-8-10-12-19/h6,8-12,18,20-23,31H,1,7,13-17H2,2-5H3/t20-,21+,22+,23?,27-,28?/m1/s1. The van der Waals surface area contributed by atoms with Crippen molar-refractivity contribution in [1.82, 2.24) is 9.80 Å². The van der Waals surface area contributed by atoms with Gasteiger partial charge in [-0.15, -0.1) is 6.58 Å². The van der Waals surface area contributed by atoms with E-state index in [4.69, 9.17) is 9.47 Å². The SMILES string of the molecule is C=CCN(C(=O)C1N([C@@H](CO)Cc2ccccc2)C(=O)[C@@H]2[C@@H](C(=O)OCC)[C@@]3(C)CCC12O3)C(C)C. The molecule has 2 unspecified atom stereocenters. The summed E-state index contributed by atoms with van der Waals surface area (Å²) in [6.07, 6.45) is 3.06. The first-order valence-corrected chi connectivity index (χ1v) is 12.9. The first-order valence-electron chi connectivity index (χ1n) is 12.9. The molecule has 0 aromatic heterocycles. The van der Waals surface area contributed by atoms with Crippen LogP contribution in [0.25, 0.3) is 0 Å². The van der Waals surface area contributed by atoms with Gasteiger partial charge in [-0.05, 0) is 52.5 Å². The Morgan fingerprint density at radius 3 is 2.58 bits per heavy atom. The van der Waals surface area contributed by atoms with Crippen LogP contribution in [0.15, 0.2) is 43.0 Å². The van der Waals surface area contributed by atoms with Crippen LogP contribution in [0.2, 0.25) is 0 Å². The van der Waals surface area contributed by atoms with Crippen molar-refractivity contribution in [3.8, 4) is 0 Å². The van der Waals surface area contributed by atoms with E-state index in [0.29, 0.717) is 25.8 Å². The number of fused-ring (bicyclic) bond motifs is 1. The van der Waals surface area contributed by atoms with E-state index in [1.807, 2.05) is 51.1 Å². The number of hydrogen-bond acceptors (Lipinski definition) is 6. The van der Waals surface area contributed by atoms with Gasteiger partial charge in [-0.1, -0.05) is 36.4 Å². The smallest absolute Gasteiger partial charge is 0.312 e. The van der Waals surface area contributed by atoms with Crippen molar-refractivity contribution in [2.75, 3.05) is 19.8 Å². The maximum atomic E-state index is 14.2. The van der Waals surface area contributed by atoms with E-state index in [0.717, 1.165) is 5.56 Å². The number of carbonyl (C=O) groups is 3. The van der Waals surface area contributed by atoms with E-state index in [1.165, 1.54) is 4.90 Å². The van der Waals surface area contributed by atoms with E-state index >= 15 is 0 Å². The number of aliphatic hydroxyl groups excluding tert-OH is 1. The normalized spacial score (nSPS) is 31.4. The molecule has 1 N–H and O–H groups in total. The summed E-state index contributed by atoms with van der Waals surface area (Å²) in [5, 5.41) is 10.5. The number of nitrogens with zero attached hydrogens (tertiary/aromatic N) is 2. The Hall–Kier alpha value is -2.71. The average Bonchev–Trinajstić information content (AvgIpc) is 3.42. The minimum absolute atomic E-state index is 0.139. The Bertz CT molecular complexity index is 1010. The van der Waals surface area contributed by atoms with Crippen molar-refractivity contribution in [2.24, 2.45) is 11.8 Å². The van der Waals surface area contributed by atoms with Crippen molar-refractivity contribution < 1.29 is 29.0 Å². The molecule has 8 nitrogen and oxygen atoms in total. The van der Waals surface area contributed by atoms with Crippen LogP contribution in [-0.4, -0.2) is 81.8 Å². The summed E-state index contributed by atoms with van der Waals surface area (Å²) in [5.41, 5.74) is -1.10. The number of carbonyl (C=O) groups excluding carboxylic acids is 3. The fourth-order valence-corrected chi connectivity index (χ4v) is 6.61. The maximum absolute atomic E-state index is 14.2. The predicted molar refractivity (Wildman–Crippen MR) is 134 cm³/mol. The highest BCUT2D eigenvalue weighted by atomic mass is 16.6. The lowest BCUT2D eigenvalue weighted by Gasteiger charge is -2.40. The van der Waals surface area contributed by atoms with Gasteiger partial charge in [0.1, 0.15) is 17.6 Å². The van der Waals surface area contributed by atoms with Crippen molar-refractivity contribution in [2.45, 2.75) is 76.3 Å².